The van der Waals surface area contributed by atoms with Gasteiger partial charge in [0.05, 0.1) is 10.5 Å². The molecule has 1 unspecified atom stereocenters. The summed E-state index contributed by atoms with van der Waals surface area (Å²) in [5.41, 5.74) is 1.99. The third-order valence-corrected chi connectivity index (χ3v) is 6.39. The molecule has 0 saturated carbocycles. The number of aryl methyl sites for hydroxylation is 2. The largest absolute Gasteiger partial charge is 0.449 e. The highest BCUT2D eigenvalue weighted by atomic mass is 32.2. The molecule has 0 aliphatic heterocycles. The number of benzene rings is 3. The number of nitrogens with one attached hydrogen (secondary N) is 2. The molecule has 0 aliphatic rings. The lowest BCUT2D eigenvalue weighted by Crippen LogP contribution is -2.30. The number of rotatable bonds is 7. The summed E-state index contributed by atoms with van der Waals surface area (Å²) in [6, 6.07) is 16.1. The average Bonchev–Trinajstić information content (AvgIpc) is 2.76. The molecule has 3 aromatic rings. The second kappa shape index (κ2) is 9.83. The van der Waals surface area contributed by atoms with Crippen LogP contribution in [0.4, 0.5) is 15.8 Å². The van der Waals surface area contributed by atoms with Crippen molar-refractivity contribution in [2.45, 2.75) is 31.8 Å². The normalized spacial score (nSPS) is 12.0. The summed E-state index contributed by atoms with van der Waals surface area (Å²) < 4.78 is 46.3. The van der Waals surface area contributed by atoms with Crippen LogP contribution in [0.15, 0.2) is 71.6 Å². The van der Waals surface area contributed by atoms with Crippen molar-refractivity contribution in [3.63, 3.8) is 0 Å². The molecule has 172 valence electrons. The molecular weight excluding hydrogens is 447 g/mol. The van der Waals surface area contributed by atoms with E-state index in [1.807, 2.05) is 19.1 Å². The molecule has 1 atom stereocenters. The predicted octanol–water partition coefficient (Wildman–Crippen LogP) is 4.43. The van der Waals surface area contributed by atoms with E-state index in [9.17, 15) is 22.4 Å². The molecule has 0 aromatic heterocycles. The Morgan fingerprint density at radius 3 is 2.27 bits per heavy atom. The Hall–Kier alpha value is -3.72. The standard InChI is InChI=1S/C24H23FN2O5S/c1-15-6-4-5-7-21(15)26-23(28)17(3)32-24(29)18-9-8-16(2)22(14-18)33(30,31)27-20-12-10-19(25)11-13-20/h4-14,17,27H,1-3H3,(H,26,28). The summed E-state index contributed by atoms with van der Waals surface area (Å²) in [7, 11) is -4.06. The van der Waals surface area contributed by atoms with Crippen LogP contribution >= 0.6 is 0 Å². The lowest BCUT2D eigenvalue weighted by molar-refractivity contribution is -0.123. The summed E-state index contributed by atoms with van der Waals surface area (Å²) in [5.74, 6) is -1.87. The second-order valence-corrected chi connectivity index (χ2v) is 9.10. The molecule has 0 bridgehead atoms. The SMILES string of the molecule is Cc1ccccc1NC(=O)C(C)OC(=O)c1ccc(C)c(S(=O)(=O)Nc2ccc(F)cc2)c1. The van der Waals surface area contributed by atoms with Crippen LogP contribution in [-0.2, 0) is 19.6 Å². The van der Waals surface area contributed by atoms with Gasteiger partial charge in [0.25, 0.3) is 15.9 Å². The third-order valence-electron chi connectivity index (χ3n) is 4.87. The Balaban J connectivity index is 1.75. The van der Waals surface area contributed by atoms with E-state index >= 15 is 0 Å². The minimum Gasteiger partial charge on any atom is -0.449 e. The first-order valence-corrected chi connectivity index (χ1v) is 11.5. The first kappa shape index (κ1) is 23.9. The van der Waals surface area contributed by atoms with Gasteiger partial charge in [0, 0.05) is 11.4 Å². The lowest BCUT2D eigenvalue weighted by atomic mass is 10.1. The number of halogens is 1. The number of carbonyl (C=O) groups excluding carboxylic acids is 2. The van der Waals surface area contributed by atoms with Crippen molar-refractivity contribution >= 4 is 33.3 Å². The van der Waals surface area contributed by atoms with Crippen molar-refractivity contribution in [3.8, 4) is 0 Å². The van der Waals surface area contributed by atoms with Crippen molar-refractivity contribution < 1.29 is 27.1 Å². The summed E-state index contributed by atoms with van der Waals surface area (Å²) in [6.07, 6.45) is -1.11. The Bertz CT molecular complexity index is 1290. The molecule has 3 aromatic carbocycles. The molecule has 3 rings (SSSR count). The molecule has 0 saturated heterocycles. The molecule has 0 fully saturated rings. The summed E-state index contributed by atoms with van der Waals surface area (Å²) in [4.78, 5) is 24.9. The molecule has 9 heteroatoms. The van der Waals surface area contributed by atoms with E-state index in [0.717, 1.165) is 17.7 Å². The number of para-hydroxylation sites is 1. The van der Waals surface area contributed by atoms with E-state index in [1.165, 1.54) is 37.3 Å². The van der Waals surface area contributed by atoms with E-state index < -0.39 is 33.8 Å². The number of anilines is 2. The Kier molecular flexibility index (Phi) is 7.13. The van der Waals surface area contributed by atoms with Crippen LogP contribution in [0.2, 0.25) is 0 Å². The molecule has 7 nitrogen and oxygen atoms in total. The molecule has 0 heterocycles. The fraction of sp³-hybridized carbons (Fsp3) is 0.167. The molecule has 0 spiro atoms. The fourth-order valence-corrected chi connectivity index (χ4v) is 4.30. The van der Waals surface area contributed by atoms with Crippen LogP contribution in [-0.4, -0.2) is 26.4 Å². The minimum atomic E-state index is -4.06. The molecule has 33 heavy (non-hydrogen) atoms. The van der Waals surface area contributed by atoms with Crippen molar-refractivity contribution in [3.05, 3.63) is 89.2 Å². The maximum Gasteiger partial charge on any atom is 0.338 e. The number of hydrogen-bond donors (Lipinski definition) is 2. The maximum absolute atomic E-state index is 13.1. The van der Waals surface area contributed by atoms with Gasteiger partial charge >= 0.3 is 5.97 Å². The Morgan fingerprint density at radius 1 is 0.939 bits per heavy atom. The number of hydrogen-bond acceptors (Lipinski definition) is 5. The topological polar surface area (TPSA) is 102 Å². The van der Waals surface area contributed by atoms with Gasteiger partial charge in [-0.25, -0.2) is 17.6 Å². The Labute approximate surface area is 191 Å². The van der Waals surface area contributed by atoms with E-state index in [4.69, 9.17) is 4.74 Å². The van der Waals surface area contributed by atoms with E-state index in [-0.39, 0.29) is 16.1 Å². The van der Waals surface area contributed by atoms with Gasteiger partial charge in [-0.05, 0) is 74.4 Å². The molecule has 2 N–H and O–H groups in total. The zero-order valence-electron chi connectivity index (χ0n) is 18.3. The Morgan fingerprint density at radius 2 is 1.61 bits per heavy atom. The van der Waals surface area contributed by atoms with Gasteiger partial charge in [-0.15, -0.1) is 0 Å². The van der Waals surface area contributed by atoms with Crippen LogP contribution in [0.3, 0.4) is 0 Å². The van der Waals surface area contributed by atoms with E-state index in [2.05, 4.69) is 10.0 Å². The van der Waals surface area contributed by atoms with Crippen LogP contribution in [0, 0.1) is 19.7 Å². The fourth-order valence-electron chi connectivity index (χ4n) is 2.97. The lowest BCUT2D eigenvalue weighted by Gasteiger charge is -2.16. The first-order chi connectivity index (χ1) is 15.6. The number of esters is 1. The molecule has 0 aliphatic carbocycles. The van der Waals surface area contributed by atoms with Gasteiger partial charge in [-0.3, -0.25) is 9.52 Å². The quantitative estimate of drug-likeness (QED) is 0.498. The van der Waals surface area contributed by atoms with Gasteiger partial charge in [-0.1, -0.05) is 24.3 Å². The number of amides is 1. The molecule has 1 amide bonds. The zero-order valence-corrected chi connectivity index (χ0v) is 19.1. The van der Waals surface area contributed by atoms with Crippen molar-refractivity contribution in [1.29, 1.82) is 0 Å². The third kappa shape index (κ3) is 5.95. The molecular formula is C24H23FN2O5S. The minimum absolute atomic E-state index is 0.0318. The zero-order chi connectivity index (χ0) is 24.2. The average molecular weight is 471 g/mol. The van der Waals surface area contributed by atoms with Gasteiger partial charge in [-0.2, -0.15) is 0 Å². The van der Waals surface area contributed by atoms with E-state index in [0.29, 0.717) is 11.3 Å². The highest BCUT2D eigenvalue weighted by Gasteiger charge is 2.23. The highest BCUT2D eigenvalue weighted by molar-refractivity contribution is 7.92. The smallest absolute Gasteiger partial charge is 0.338 e. The van der Waals surface area contributed by atoms with Crippen molar-refractivity contribution in [1.82, 2.24) is 0 Å². The number of ether oxygens (including phenoxy) is 1. The summed E-state index contributed by atoms with van der Waals surface area (Å²) in [6.45, 7) is 4.83. The van der Waals surface area contributed by atoms with Gasteiger partial charge in [0.2, 0.25) is 0 Å². The molecule has 0 radical (unpaired) electrons. The van der Waals surface area contributed by atoms with Crippen molar-refractivity contribution in [2.75, 3.05) is 10.0 Å². The second-order valence-electron chi connectivity index (χ2n) is 7.44. The number of carbonyl (C=O) groups is 2. The maximum atomic E-state index is 13.1. The van der Waals surface area contributed by atoms with Crippen LogP contribution < -0.4 is 10.0 Å². The van der Waals surface area contributed by atoms with E-state index in [1.54, 1.807) is 19.1 Å². The monoisotopic (exact) mass is 470 g/mol. The van der Waals surface area contributed by atoms with Gasteiger partial charge < -0.3 is 10.1 Å². The number of sulfonamides is 1. The summed E-state index contributed by atoms with van der Waals surface area (Å²) >= 11 is 0. The summed E-state index contributed by atoms with van der Waals surface area (Å²) in [5, 5.41) is 2.69. The predicted molar refractivity (Wildman–Crippen MR) is 123 cm³/mol. The first-order valence-electron chi connectivity index (χ1n) is 10.0. The van der Waals surface area contributed by atoms with Crippen LogP contribution in [0.1, 0.15) is 28.4 Å². The van der Waals surface area contributed by atoms with Crippen molar-refractivity contribution in [2.24, 2.45) is 0 Å². The van der Waals surface area contributed by atoms with Gasteiger partial charge in [0.15, 0.2) is 6.10 Å². The van der Waals surface area contributed by atoms with Gasteiger partial charge in [0.1, 0.15) is 5.82 Å². The van der Waals surface area contributed by atoms with Crippen LogP contribution in [0.25, 0.3) is 0 Å². The van der Waals surface area contributed by atoms with Crippen LogP contribution in [0.5, 0.6) is 0 Å². The highest BCUT2D eigenvalue weighted by Crippen LogP contribution is 2.22.